The summed E-state index contributed by atoms with van der Waals surface area (Å²) < 4.78 is 5.81. The van der Waals surface area contributed by atoms with Crippen molar-refractivity contribution in [2.24, 2.45) is 0 Å². The van der Waals surface area contributed by atoms with Gasteiger partial charge in [0.1, 0.15) is 11.5 Å². The zero-order valence-electron chi connectivity index (χ0n) is 13.9. The Bertz CT molecular complexity index is 443. The van der Waals surface area contributed by atoms with E-state index in [1.54, 1.807) is 0 Å². The fourth-order valence-electron chi connectivity index (χ4n) is 4.35. The number of benzene rings is 1. The Morgan fingerprint density at radius 3 is 1.73 bits per heavy atom. The molecule has 2 aliphatic carbocycles. The molecule has 1 N–H and O–H groups in total. The van der Waals surface area contributed by atoms with Gasteiger partial charge in [-0.25, -0.2) is 0 Å². The summed E-state index contributed by atoms with van der Waals surface area (Å²) in [6.07, 6.45) is 12.7. The molecule has 0 radical (unpaired) electrons. The lowest BCUT2D eigenvalue weighted by atomic mass is 9.79. The van der Waals surface area contributed by atoms with Crippen LogP contribution in [0.4, 0.5) is 0 Å². The molecule has 22 heavy (non-hydrogen) atoms. The van der Waals surface area contributed by atoms with E-state index in [1.807, 2.05) is 6.92 Å². The first-order valence-electron chi connectivity index (χ1n) is 9.29. The first-order chi connectivity index (χ1) is 10.8. The van der Waals surface area contributed by atoms with E-state index in [0.717, 1.165) is 16.9 Å². The minimum Gasteiger partial charge on any atom is -0.507 e. The molecule has 122 valence electrons. The second kappa shape index (κ2) is 7.39. The normalized spacial score (nSPS) is 21.0. The zero-order chi connectivity index (χ0) is 15.4. The van der Waals surface area contributed by atoms with Gasteiger partial charge in [0, 0.05) is 11.1 Å². The Balaban J connectivity index is 1.94. The van der Waals surface area contributed by atoms with E-state index in [2.05, 4.69) is 12.1 Å². The lowest BCUT2D eigenvalue weighted by molar-refractivity contribution is 0.334. The molecule has 0 bridgehead atoms. The van der Waals surface area contributed by atoms with E-state index in [4.69, 9.17) is 4.74 Å². The Labute approximate surface area is 134 Å². The predicted octanol–water partition coefficient (Wildman–Crippen LogP) is 5.89. The summed E-state index contributed by atoms with van der Waals surface area (Å²) in [5.41, 5.74) is 2.32. The third kappa shape index (κ3) is 3.42. The highest BCUT2D eigenvalue weighted by Crippen LogP contribution is 2.45. The van der Waals surface area contributed by atoms with Gasteiger partial charge in [0.15, 0.2) is 0 Å². The van der Waals surface area contributed by atoms with Crippen LogP contribution >= 0.6 is 0 Å². The van der Waals surface area contributed by atoms with Crippen LogP contribution in [0.3, 0.4) is 0 Å². The molecule has 0 atom stereocenters. The molecule has 0 unspecified atom stereocenters. The number of aromatic hydroxyl groups is 1. The number of phenolic OH excluding ortho intramolecular Hbond substituents is 1. The van der Waals surface area contributed by atoms with Crippen LogP contribution in [0.2, 0.25) is 0 Å². The Hall–Kier alpha value is -1.18. The Morgan fingerprint density at radius 2 is 1.32 bits per heavy atom. The molecule has 0 aliphatic heterocycles. The van der Waals surface area contributed by atoms with Gasteiger partial charge in [-0.1, -0.05) is 38.5 Å². The van der Waals surface area contributed by atoms with Crippen molar-refractivity contribution in [1.29, 1.82) is 0 Å². The molecule has 2 heteroatoms. The summed E-state index contributed by atoms with van der Waals surface area (Å²) in [6, 6.07) is 4.22. The number of ether oxygens (including phenoxy) is 1. The SMILES string of the molecule is CCOc1cc(C2CCCCC2)c(O)c(C2CCCCC2)c1. The average Bonchev–Trinajstić information content (AvgIpc) is 2.58. The van der Waals surface area contributed by atoms with Crippen LogP contribution in [0.25, 0.3) is 0 Å². The molecular weight excluding hydrogens is 272 g/mol. The van der Waals surface area contributed by atoms with Crippen molar-refractivity contribution < 1.29 is 9.84 Å². The second-order valence-corrected chi connectivity index (χ2v) is 7.05. The maximum absolute atomic E-state index is 10.9. The number of hydrogen-bond donors (Lipinski definition) is 1. The van der Waals surface area contributed by atoms with Gasteiger partial charge in [0.25, 0.3) is 0 Å². The van der Waals surface area contributed by atoms with Gasteiger partial charge in [0.05, 0.1) is 6.61 Å². The standard InChI is InChI=1S/C20H30O2/c1-2-22-17-13-18(15-9-5-3-6-10-15)20(21)19(14-17)16-11-7-4-8-12-16/h13-16,21H,2-12H2,1H3. The van der Waals surface area contributed by atoms with Crippen molar-refractivity contribution in [2.75, 3.05) is 6.61 Å². The maximum atomic E-state index is 10.9. The van der Waals surface area contributed by atoms with Crippen molar-refractivity contribution in [1.82, 2.24) is 0 Å². The molecule has 0 spiro atoms. The van der Waals surface area contributed by atoms with Gasteiger partial charge in [-0.2, -0.15) is 0 Å². The molecule has 2 fully saturated rings. The van der Waals surface area contributed by atoms with Gasteiger partial charge < -0.3 is 9.84 Å². The van der Waals surface area contributed by atoms with Gasteiger partial charge in [-0.15, -0.1) is 0 Å². The quantitative estimate of drug-likeness (QED) is 0.751. The first-order valence-corrected chi connectivity index (χ1v) is 9.29. The fourth-order valence-corrected chi connectivity index (χ4v) is 4.35. The molecule has 2 nitrogen and oxygen atoms in total. The van der Waals surface area contributed by atoms with Crippen molar-refractivity contribution in [2.45, 2.75) is 83.0 Å². The zero-order valence-corrected chi connectivity index (χ0v) is 13.9. The molecule has 0 saturated heterocycles. The lowest BCUT2D eigenvalue weighted by Crippen LogP contribution is -2.10. The molecule has 2 aliphatic rings. The van der Waals surface area contributed by atoms with Crippen LogP contribution in [-0.2, 0) is 0 Å². The fraction of sp³-hybridized carbons (Fsp3) is 0.700. The Kier molecular flexibility index (Phi) is 5.28. The van der Waals surface area contributed by atoms with E-state index in [-0.39, 0.29) is 0 Å². The minimum absolute atomic E-state index is 0.525. The second-order valence-electron chi connectivity index (χ2n) is 7.05. The van der Waals surface area contributed by atoms with Crippen LogP contribution in [0, 0.1) is 0 Å². The number of hydrogen-bond acceptors (Lipinski definition) is 2. The third-order valence-electron chi connectivity index (χ3n) is 5.54. The lowest BCUT2D eigenvalue weighted by Gasteiger charge is -2.28. The Morgan fingerprint density at radius 1 is 0.864 bits per heavy atom. The highest BCUT2D eigenvalue weighted by molar-refractivity contribution is 5.50. The predicted molar refractivity (Wildman–Crippen MR) is 90.9 cm³/mol. The third-order valence-corrected chi connectivity index (χ3v) is 5.54. The molecule has 0 heterocycles. The maximum Gasteiger partial charge on any atom is 0.122 e. The van der Waals surface area contributed by atoms with Crippen LogP contribution < -0.4 is 4.74 Å². The van der Waals surface area contributed by atoms with Gasteiger partial charge in [-0.05, 0) is 56.6 Å². The average molecular weight is 302 g/mol. The topological polar surface area (TPSA) is 29.5 Å². The number of rotatable bonds is 4. The van der Waals surface area contributed by atoms with E-state index in [0.29, 0.717) is 24.2 Å². The van der Waals surface area contributed by atoms with E-state index >= 15 is 0 Å². The highest BCUT2D eigenvalue weighted by atomic mass is 16.5. The van der Waals surface area contributed by atoms with Crippen LogP contribution in [0.15, 0.2) is 12.1 Å². The van der Waals surface area contributed by atoms with Crippen LogP contribution in [0.5, 0.6) is 11.5 Å². The first kappa shape index (κ1) is 15.7. The summed E-state index contributed by atoms with van der Waals surface area (Å²) in [6.45, 7) is 2.73. The number of phenols is 1. The van der Waals surface area contributed by atoms with Crippen molar-refractivity contribution in [3.8, 4) is 11.5 Å². The van der Waals surface area contributed by atoms with Crippen LogP contribution in [-0.4, -0.2) is 11.7 Å². The largest absolute Gasteiger partial charge is 0.507 e. The molecule has 0 amide bonds. The molecule has 1 aromatic carbocycles. The van der Waals surface area contributed by atoms with Crippen molar-refractivity contribution in [3.63, 3.8) is 0 Å². The highest BCUT2D eigenvalue weighted by Gasteiger charge is 2.25. The van der Waals surface area contributed by atoms with E-state index in [1.165, 1.54) is 64.2 Å². The van der Waals surface area contributed by atoms with Gasteiger partial charge in [-0.3, -0.25) is 0 Å². The minimum atomic E-state index is 0.525. The van der Waals surface area contributed by atoms with E-state index < -0.39 is 0 Å². The van der Waals surface area contributed by atoms with Crippen molar-refractivity contribution in [3.05, 3.63) is 23.3 Å². The van der Waals surface area contributed by atoms with Crippen LogP contribution in [0.1, 0.15) is 94.1 Å². The smallest absolute Gasteiger partial charge is 0.122 e. The monoisotopic (exact) mass is 302 g/mol. The molecular formula is C20H30O2. The van der Waals surface area contributed by atoms with Gasteiger partial charge in [0.2, 0.25) is 0 Å². The van der Waals surface area contributed by atoms with Gasteiger partial charge >= 0.3 is 0 Å². The summed E-state index contributed by atoms with van der Waals surface area (Å²) in [5.74, 6) is 2.59. The molecule has 3 rings (SSSR count). The molecule has 0 aromatic heterocycles. The summed E-state index contributed by atoms with van der Waals surface area (Å²) >= 11 is 0. The molecule has 2 saturated carbocycles. The van der Waals surface area contributed by atoms with Crippen molar-refractivity contribution >= 4 is 0 Å². The summed E-state index contributed by atoms with van der Waals surface area (Å²) in [5, 5.41) is 10.9. The summed E-state index contributed by atoms with van der Waals surface area (Å²) in [4.78, 5) is 0. The molecule has 1 aromatic rings. The van der Waals surface area contributed by atoms with E-state index in [9.17, 15) is 5.11 Å². The summed E-state index contributed by atoms with van der Waals surface area (Å²) in [7, 11) is 0.